The maximum atomic E-state index is 3.27. The summed E-state index contributed by atoms with van der Waals surface area (Å²) < 4.78 is 0. The Labute approximate surface area is 94.2 Å². The molecule has 84 valence electrons. The topological polar surface area (TPSA) is 12.0 Å². The van der Waals surface area contributed by atoms with Gasteiger partial charge in [-0.2, -0.15) is 0 Å². The third-order valence-corrected chi connectivity index (χ3v) is 1.84. The molecule has 1 rings (SSSR count). The van der Waals surface area contributed by atoms with Crippen molar-refractivity contribution in [3.63, 3.8) is 0 Å². The summed E-state index contributed by atoms with van der Waals surface area (Å²) in [4.78, 5) is 0. The predicted octanol–water partition coefficient (Wildman–Crippen LogP) is 4.57. The summed E-state index contributed by atoms with van der Waals surface area (Å²) in [6.07, 6.45) is 5.41. The molecule has 0 saturated heterocycles. The molecule has 0 heterocycles. The van der Waals surface area contributed by atoms with Gasteiger partial charge in [0.25, 0.3) is 0 Å². The SMILES string of the molecule is CC.CC/C=C\c1ccc(NCC)cc1. The van der Waals surface area contributed by atoms with Crippen molar-refractivity contribution >= 4 is 11.8 Å². The van der Waals surface area contributed by atoms with Gasteiger partial charge >= 0.3 is 0 Å². The van der Waals surface area contributed by atoms with Gasteiger partial charge in [-0.05, 0) is 31.0 Å². The van der Waals surface area contributed by atoms with Crippen molar-refractivity contribution in [3.8, 4) is 0 Å². The highest BCUT2D eigenvalue weighted by Gasteiger charge is 1.88. The van der Waals surface area contributed by atoms with Crippen molar-refractivity contribution in [2.75, 3.05) is 11.9 Å². The molecule has 0 aliphatic carbocycles. The lowest BCUT2D eigenvalue weighted by atomic mass is 10.2. The molecular formula is C14H23N. The fourth-order valence-electron chi connectivity index (χ4n) is 1.17. The van der Waals surface area contributed by atoms with Crippen LogP contribution in [-0.4, -0.2) is 6.54 Å². The molecule has 0 amide bonds. The first-order valence-corrected chi connectivity index (χ1v) is 5.87. The van der Waals surface area contributed by atoms with E-state index < -0.39 is 0 Å². The van der Waals surface area contributed by atoms with Crippen LogP contribution in [0.4, 0.5) is 5.69 Å². The summed E-state index contributed by atoms with van der Waals surface area (Å²) in [6, 6.07) is 8.48. The Morgan fingerprint density at radius 1 is 1.07 bits per heavy atom. The Bertz CT molecular complexity index is 259. The maximum Gasteiger partial charge on any atom is 0.0340 e. The van der Waals surface area contributed by atoms with Gasteiger partial charge in [0.2, 0.25) is 0 Å². The number of nitrogens with one attached hydrogen (secondary N) is 1. The smallest absolute Gasteiger partial charge is 0.0340 e. The highest BCUT2D eigenvalue weighted by Crippen LogP contribution is 2.10. The van der Waals surface area contributed by atoms with Crippen LogP contribution in [0.3, 0.4) is 0 Å². The van der Waals surface area contributed by atoms with Gasteiger partial charge in [-0.1, -0.05) is 45.1 Å². The van der Waals surface area contributed by atoms with Gasteiger partial charge in [-0.25, -0.2) is 0 Å². The van der Waals surface area contributed by atoms with Crippen LogP contribution in [0.2, 0.25) is 0 Å². The molecule has 1 N–H and O–H groups in total. The van der Waals surface area contributed by atoms with Crippen molar-refractivity contribution < 1.29 is 0 Å². The average Bonchev–Trinajstić information content (AvgIpc) is 2.31. The van der Waals surface area contributed by atoms with Crippen LogP contribution in [0.25, 0.3) is 6.08 Å². The molecule has 0 aromatic heterocycles. The van der Waals surface area contributed by atoms with Crippen molar-refractivity contribution in [2.45, 2.75) is 34.1 Å². The Morgan fingerprint density at radius 2 is 1.67 bits per heavy atom. The zero-order valence-electron chi connectivity index (χ0n) is 10.4. The van der Waals surface area contributed by atoms with Crippen LogP contribution < -0.4 is 5.32 Å². The zero-order valence-corrected chi connectivity index (χ0v) is 10.4. The van der Waals surface area contributed by atoms with E-state index in [2.05, 4.69) is 55.6 Å². The Hall–Kier alpha value is -1.24. The van der Waals surface area contributed by atoms with Crippen molar-refractivity contribution in [3.05, 3.63) is 35.9 Å². The molecule has 0 atom stereocenters. The van der Waals surface area contributed by atoms with E-state index >= 15 is 0 Å². The van der Waals surface area contributed by atoms with E-state index in [9.17, 15) is 0 Å². The fraction of sp³-hybridized carbons (Fsp3) is 0.429. The van der Waals surface area contributed by atoms with Gasteiger partial charge in [0.15, 0.2) is 0 Å². The first-order valence-electron chi connectivity index (χ1n) is 5.87. The predicted molar refractivity (Wildman–Crippen MR) is 71.3 cm³/mol. The summed E-state index contributed by atoms with van der Waals surface area (Å²) in [5.74, 6) is 0. The molecule has 0 aliphatic heterocycles. The quantitative estimate of drug-likeness (QED) is 0.759. The second-order valence-electron chi connectivity index (χ2n) is 2.96. The first-order chi connectivity index (χ1) is 7.36. The van der Waals surface area contributed by atoms with E-state index in [0.29, 0.717) is 0 Å². The van der Waals surface area contributed by atoms with Gasteiger partial charge in [0, 0.05) is 12.2 Å². The number of rotatable bonds is 4. The highest BCUT2D eigenvalue weighted by molar-refractivity contribution is 5.54. The lowest BCUT2D eigenvalue weighted by molar-refractivity contribution is 1.21. The van der Waals surface area contributed by atoms with Crippen LogP contribution in [0, 0.1) is 0 Å². The normalized spacial score (nSPS) is 9.60. The van der Waals surface area contributed by atoms with E-state index in [1.807, 2.05) is 13.8 Å². The molecule has 0 unspecified atom stereocenters. The number of benzene rings is 1. The summed E-state index contributed by atoms with van der Waals surface area (Å²) >= 11 is 0. The summed E-state index contributed by atoms with van der Waals surface area (Å²) in [5, 5.41) is 3.27. The third kappa shape index (κ3) is 5.95. The van der Waals surface area contributed by atoms with Gasteiger partial charge in [0.1, 0.15) is 0 Å². The fourth-order valence-corrected chi connectivity index (χ4v) is 1.17. The zero-order chi connectivity index (χ0) is 11.5. The largest absolute Gasteiger partial charge is 0.385 e. The molecule has 0 radical (unpaired) electrons. The Balaban J connectivity index is 0.000000921. The minimum atomic E-state index is 0.976. The van der Waals surface area contributed by atoms with Gasteiger partial charge in [-0.3, -0.25) is 0 Å². The molecule has 15 heavy (non-hydrogen) atoms. The molecule has 1 aromatic rings. The summed E-state index contributed by atoms with van der Waals surface area (Å²) in [7, 11) is 0. The average molecular weight is 205 g/mol. The van der Waals surface area contributed by atoms with Gasteiger partial charge in [0.05, 0.1) is 0 Å². The van der Waals surface area contributed by atoms with Crippen LogP contribution in [0.5, 0.6) is 0 Å². The van der Waals surface area contributed by atoms with Crippen LogP contribution >= 0.6 is 0 Å². The Kier molecular flexibility index (Phi) is 8.55. The van der Waals surface area contributed by atoms with Gasteiger partial charge in [-0.15, -0.1) is 0 Å². The minimum absolute atomic E-state index is 0.976. The van der Waals surface area contributed by atoms with E-state index in [0.717, 1.165) is 13.0 Å². The minimum Gasteiger partial charge on any atom is -0.385 e. The number of hydrogen-bond acceptors (Lipinski definition) is 1. The molecule has 1 aromatic carbocycles. The van der Waals surface area contributed by atoms with E-state index in [-0.39, 0.29) is 0 Å². The third-order valence-electron chi connectivity index (χ3n) is 1.84. The summed E-state index contributed by atoms with van der Waals surface area (Å²) in [5.41, 5.74) is 2.46. The van der Waals surface area contributed by atoms with Crippen molar-refractivity contribution in [2.24, 2.45) is 0 Å². The van der Waals surface area contributed by atoms with Crippen molar-refractivity contribution in [1.29, 1.82) is 0 Å². The maximum absolute atomic E-state index is 3.27. The second kappa shape index (κ2) is 9.32. The molecule has 0 aliphatic rings. The molecule has 0 saturated carbocycles. The van der Waals surface area contributed by atoms with Gasteiger partial charge < -0.3 is 5.32 Å². The molecule has 1 nitrogen and oxygen atoms in total. The number of anilines is 1. The monoisotopic (exact) mass is 205 g/mol. The lowest BCUT2D eigenvalue weighted by Crippen LogP contribution is -1.95. The van der Waals surface area contributed by atoms with E-state index in [4.69, 9.17) is 0 Å². The van der Waals surface area contributed by atoms with E-state index in [1.54, 1.807) is 0 Å². The standard InChI is InChI=1S/C12H17N.C2H6/c1-3-5-6-11-7-9-12(10-8-11)13-4-2;1-2/h5-10,13H,3-4H2,1-2H3;1-2H3/b6-5-;. The van der Waals surface area contributed by atoms with Crippen LogP contribution in [0.15, 0.2) is 30.3 Å². The van der Waals surface area contributed by atoms with Crippen LogP contribution in [-0.2, 0) is 0 Å². The van der Waals surface area contributed by atoms with E-state index in [1.165, 1.54) is 11.3 Å². The first kappa shape index (κ1) is 13.8. The highest BCUT2D eigenvalue weighted by atomic mass is 14.8. The molecule has 0 bridgehead atoms. The number of hydrogen-bond donors (Lipinski definition) is 1. The molecule has 1 heteroatoms. The Morgan fingerprint density at radius 3 is 2.13 bits per heavy atom. The number of allylic oxidation sites excluding steroid dienone is 1. The molecular weight excluding hydrogens is 182 g/mol. The molecule has 0 spiro atoms. The lowest BCUT2D eigenvalue weighted by Gasteiger charge is -2.02. The van der Waals surface area contributed by atoms with Crippen LogP contribution in [0.1, 0.15) is 39.7 Å². The second-order valence-corrected chi connectivity index (χ2v) is 2.96. The summed E-state index contributed by atoms with van der Waals surface area (Å²) in [6.45, 7) is 9.22. The molecule has 0 fully saturated rings. The van der Waals surface area contributed by atoms with Crippen molar-refractivity contribution in [1.82, 2.24) is 0 Å².